The highest BCUT2D eigenvalue weighted by molar-refractivity contribution is 9.09. The molecule has 1 aromatic rings. The van der Waals surface area contributed by atoms with Crippen LogP contribution in [0.2, 0.25) is 0 Å². The number of nitrogens with one attached hydrogen (secondary N) is 1. The third-order valence-corrected chi connectivity index (χ3v) is 4.59. The zero-order valence-electron chi connectivity index (χ0n) is 10.4. The fourth-order valence-corrected chi connectivity index (χ4v) is 3.37. The molecule has 98 valence electrons. The van der Waals surface area contributed by atoms with Crippen LogP contribution in [0.4, 0.5) is 0 Å². The molecule has 18 heavy (non-hydrogen) atoms. The number of H-pyrrole nitrogens is 1. The second-order valence-corrected chi connectivity index (χ2v) is 5.88. The van der Waals surface area contributed by atoms with Gasteiger partial charge in [0.25, 0.3) is 5.91 Å². The van der Waals surface area contributed by atoms with E-state index in [0.717, 1.165) is 19.3 Å². The van der Waals surface area contributed by atoms with E-state index in [1.807, 2.05) is 0 Å². The van der Waals surface area contributed by atoms with Crippen LogP contribution < -0.4 is 5.43 Å². The Labute approximate surface area is 115 Å². The maximum absolute atomic E-state index is 12.3. The lowest BCUT2D eigenvalue weighted by Gasteiger charge is -2.35. The molecule has 2 atom stereocenters. The highest BCUT2D eigenvalue weighted by Crippen LogP contribution is 2.28. The highest BCUT2D eigenvalue weighted by atomic mass is 79.9. The monoisotopic (exact) mass is 312 g/mol. The summed E-state index contributed by atoms with van der Waals surface area (Å²) in [5.41, 5.74) is -0.0159. The first-order valence-corrected chi connectivity index (χ1v) is 7.11. The van der Waals surface area contributed by atoms with E-state index < -0.39 is 0 Å². The van der Waals surface area contributed by atoms with Crippen LogP contribution in [0.1, 0.15) is 36.0 Å². The Morgan fingerprint density at radius 3 is 2.83 bits per heavy atom. The fraction of sp³-hybridized carbons (Fsp3) is 0.538. The van der Waals surface area contributed by atoms with Crippen molar-refractivity contribution in [1.29, 1.82) is 0 Å². The lowest BCUT2D eigenvalue weighted by atomic mass is 9.94. The Kier molecular flexibility index (Phi) is 4.22. The molecule has 1 fully saturated rings. The molecule has 1 amide bonds. The molecule has 0 aliphatic heterocycles. The van der Waals surface area contributed by atoms with Gasteiger partial charge in [-0.15, -0.1) is 0 Å². The number of carbonyl (C=O) groups is 1. The largest absolute Gasteiger partial charge is 0.367 e. The molecule has 0 spiro atoms. The van der Waals surface area contributed by atoms with E-state index in [1.54, 1.807) is 11.9 Å². The molecule has 5 heteroatoms. The topological polar surface area (TPSA) is 53.2 Å². The first-order chi connectivity index (χ1) is 8.61. The lowest BCUT2D eigenvalue weighted by molar-refractivity contribution is 0.0703. The average molecular weight is 313 g/mol. The van der Waals surface area contributed by atoms with Crippen molar-refractivity contribution in [3.05, 3.63) is 34.2 Å². The zero-order chi connectivity index (χ0) is 13.1. The summed E-state index contributed by atoms with van der Waals surface area (Å²) in [5, 5.41) is 0. The van der Waals surface area contributed by atoms with Crippen molar-refractivity contribution in [3.63, 3.8) is 0 Å². The Balaban J connectivity index is 2.18. The number of alkyl halides is 1. The minimum Gasteiger partial charge on any atom is -0.367 e. The van der Waals surface area contributed by atoms with Gasteiger partial charge in [0, 0.05) is 36.4 Å². The maximum atomic E-state index is 12.3. The number of nitrogens with zero attached hydrogens (tertiary/aromatic N) is 1. The van der Waals surface area contributed by atoms with E-state index in [9.17, 15) is 9.59 Å². The van der Waals surface area contributed by atoms with Crippen molar-refractivity contribution in [2.45, 2.75) is 36.6 Å². The number of hydrogen-bond donors (Lipinski definition) is 1. The predicted molar refractivity (Wildman–Crippen MR) is 74.1 cm³/mol. The van der Waals surface area contributed by atoms with Crippen molar-refractivity contribution in [2.24, 2.45) is 0 Å². The molecular weight excluding hydrogens is 296 g/mol. The second-order valence-electron chi connectivity index (χ2n) is 4.71. The van der Waals surface area contributed by atoms with E-state index in [1.165, 1.54) is 24.9 Å². The molecule has 1 saturated carbocycles. The standard InChI is InChI=1S/C13H17BrN2O2/c1-16(11-5-3-2-4-10(11)14)13(18)9-8-15-7-6-12(9)17/h6-8,10-11H,2-5H2,1H3,(H,15,17). The normalized spacial score (nSPS) is 23.7. The summed E-state index contributed by atoms with van der Waals surface area (Å²) in [4.78, 5) is 28.8. The third-order valence-electron chi connectivity index (χ3n) is 3.52. The first-order valence-electron chi connectivity index (χ1n) is 6.19. The number of amides is 1. The number of pyridine rings is 1. The molecule has 2 unspecified atom stereocenters. The van der Waals surface area contributed by atoms with E-state index in [0.29, 0.717) is 4.83 Å². The Morgan fingerprint density at radius 1 is 1.44 bits per heavy atom. The van der Waals surface area contributed by atoms with Gasteiger partial charge in [0.15, 0.2) is 5.43 Å². The van der Waals surface area contributed by atoms with Gasteiger partial charge >= 0.3 is 0 Å². The lowest BCUT2D eigenvalue weighted by Crippen LogP contribution is -2.45. The molecule has 2 rings (SSSR count). The van der Waals surface area contributed by atoms with E-state index in [4.69, 9.17) is 0 Å². The van der Waals surface area contributed by atoms with Crippen molar-refractivity contribution >= 4 is 21.8 Å². The number of halogens is 1. The molecule has 4 nitrogen and oxygen atoms in total. The Bertz CT molecular complexity index is 486. The maximum Gasteiger partial charge on any atom is 0.259 e. The average Bonchev–Trinajstić information content (AvgIpc) is 2.38. The molecular formula is C13H17BrN2O2. The summed E-state index contributed by atoms with van der Waals surface area (Å²) in [5.74, 6) is -0.201. The van der Waals surface area contributed by atoms with Gasteiger partial charge < -0.3 is 9.88 Å². The molecule has 1 aliphatic rings. The van der Waals surface area contributed by atoms with Crippen LogP contribution in [-0.4, -0.2) is 33.7 Å². The smallest absolute Gasteiger partial charge is 0.259 e. The molecule has 1 heterocycles. The summed E-state index contributed by atoms with van der Waals surface area (Å²) < 4.78 is 0. The summed E-state index contributed by atoms with van der Waals surface area (Å²) in [6.07, 6.45) is 7.41. The van der Waals surface area contributed by atoms with Gasteiger partial charge in [0.2, 0.25) is 0 Å². The number of hydrogen-bond acceptors (Lipinski definition) is 2. The Morgan fingerprint density at radius 2 is 2.17 bits per heavy atom. The summed E-state index contributed by atoms with van der Waals surface area (Å²) in [6, 6.07) is 1.55. The van der Waals surface area contributed by atoms with Crippen LogP contribution in [0, 0.1) is 0 Å². The van der Waals surface area contributed by atoms with Gasteiger partial charge in [-0.05, 0) is 12.8 Å². The van der Waals surface area contributed by atoms with Crippen LogP contribution in [0.25, 0.3) is 0 Å². The van der Waals surface area contributed by atoms with Crippen LogP contribution in [0.5, 0.6) is 0 Å². The van der Waals surface area contributed by atoms with Gasteiger partial charge in [-0.25, -0.2) is 0 Å². The van der Waals surface area contributed by atoms with Crippen LogP contribution in [0.15, 0.2) is 23.3 Å². The van der Waals surface area contributed by atoms with Gasteiger partial charge in [-0.2, -0.15) is 0 Å². The minimum atomic E-state index is -0.229. The van der Waals surface area contributed by atoms with Crippen molar-refractivity contribution < 1.29 is 4.79 Å². The molecule has 1 aliphatic carbocycles. The molecule has 1 aromatic heterocycles. The minimum absolute atomic E-state index is 0.172. The van der Waals surface area contributed by atoms with Gasteiger partial charge in [-0.1, -0.05) is 28.8 Å². The fourth-order valence-electron chi connectivity index (χ4n) is 2.43. The third kappa shape index (κ3) is 2.66. The zero-order valence-corrected chi connectivity index (χ0v) is 11.9. The van der Waals surface area contributed by atoms with Gasteiger partial charge in [0.05, 0.1) is 0 Å². The number of carbonyl (C=O) groups excluding carboxylic acids is 1. The quantitative estimate of drug-likeness (QED) is 0.851. The Hall–Kier alpha value is -1.10. The molecule has 0 saturated heterocycles. The predicted octanol–water partition coefficient (Wildman–Crippen LogP) is 2.15. The second kappa shape index (κ2) is 5.69. The molecule has 1 N–H and O–H groups in total. The number of aromatic amines is 1. The first kappa shape index (κ1) is 13.3. The van der Waals surface area contributed by atoms with E-state index >= 15 is 0 Å². The highest BCUT2D eigenvalue weighted by Gasteiger charge is 2.30. The van der Waals surface area contributed by atoms with Crippen LogP contribution >= 0.6 is 15.9 Å². The van der Waals surface area contributed by atoms with E-state index in [-0.39, 0.29) is 22.9 Å². The van der Waals surface area contributed by atoms with Gasteiger partial charge in [-0.3, -0.25) is 9.59 Å². The molecule has 0 aromatic carbocycles. The van der Waals surface area contributed by atoms with E-state index in [2.05, 4.69) is 20.9 Å². The van der Waals surface area contributed by atoms with Crippen LogP contribution in [-0.2, 0) is 0 Å². The van der Waals surface area contributed by atoms with Crippen molar-refractivity contribution in [2.75, 3.05) is 7.05 Å². The SMILES string of the molecule is CN(C(=O)c1c[nH]ccc1=O)C1CCCCC1Br. The summed E-state index contributed by atoms with van der Waals surface area (Å²) in [6.45, 7) is 0. The summed E-state index contributed by atoms with van der Waals surface area (Å²) in [7, 11) is 1.78. The molecule has 0 bridgehead atoms. The number of rotatable bonds is 2. The van der Waals surface area contributed by atoms with Crippen molar-refractivity contribution in [1.82, 2.24) is 9.88 Å². The number of aromatic nitrogens is 1. The molecule has 0 radical (unpaired) electrons. The van der Waals surface area contributed by atoms with Gasteiger partial charge in [0.1, 0.15) is 5.56 Å². The van der Waals surface area contributed by atoms with Crippen molar-refractivity contribution in [3.8, 4) is 0 Å². The summed E-state index contributed by atoms with van der Waals surface area (Å²) >= 11 is 3.63. The van der Waals surface area contributed by atoms with Crippen LogP contribution in [0.3, 0.4) is 0 Å².